The van der Waals surface area contributed by atoms with E-state index < -0.39 is 29.4 Å². The van der Waals surface area contributed by atoms with Crippen LogP contribution in [0.1, 0.15) is 10.5 Å². The number of H-pyrrole nitrogens is 1. The van der Waals surface area contributed by atoms with Gasteiger partial charge in [0.1, 0.15) is 18.3 Å². The van der Waals surface area contributed by atoms with Crippen LogP contribution in [0, 0.1) is 0 Å². The average Bonchev–Trinajstić information content (AvgIpc) is 2.38. The number of piperazine rings is 1. The first-order valence-corrected chi connectivity index (χ1v) is 5.35. The van der Waals surface area contributed by atoms with E-state index in [2.05, 4.69) is 15.5 Å². The molecule has 2 rings (SSSR count). The van der Waals surface area contributed by atoms with Gasteiger partial charge < -0.3 is 15.3 Å². The van der Waals surface area contributed by atoms with E-state index in [-0.39, 0.29) is 18.8 Å². The van der Waals surface area contributed by atoms with Gasteiger partial charge in [0.2, 0.25) is 5.91 Å². The van der Waals surface area contributed by atoms with E-state index in [1.165, 1.54) is 6.07 Å². The number of aliphatic carboxylic acids is 1. The van der Waals surface area contributed by atoms with Gasteiger partial charge in [-0.3, -0.25) is 14.4 Å². The highest BCUT2D eigenvalue weighted by atomic mass is 16.4. The van der Waals surface area contributed by atoms with Crippen molar-refractivity contribution in [2.75, 3.05) is 13.1 Å². The molecule has 1 saturated heterocycles. The van der Waals surface area contributed by atoms with Gasteiger partial charge in [-0.05, 0) is 6.07 Å². The Labute approximate surface area is 106 Å². The summed E-state index contributed by atoms with van der Waals surface area (Å²) >= 11 is 0. The van der Waals surface area contributed by atoms with E-state index in [9.17, 15) is 19.2 Å². The smallest absolute Gasteiger partial charge is 0.328 e. The van der Waals surface area contributed by atoms with Crippen LogP contribution in [0.4, 0.5) is 0 Å². The van der Waals surface area contributed by atoms with Crippen molar-refractivity contribution in [3.05, 3.63) is 28.2 Å². The number of hydrogen-bond donors (Lipinski definition) is 3. The summed E-state index contributed by atoms with van der Waals surface area (Å²) in [6, 6.07) is 1.12. The van der Waals surface area contributed by atoms with Gasteiger partial charge in [0.25, 0.3) is 11.5 Å². The minimum Gasteiger partial charge on any atom is -0.480 e. The number of carbonyl (C=O) groups is 3. The molecule has 0 aliphatic carbocycles. The van der Waals surface area contributed by atoms with Gasteiger partial charge in [-0.15, -0.1) is 0 Å². The van der Waals surface area contributed by atoms with Crippen molar-refractivity contribution in [1.29, 1.82) is 0 Å². The molecule has 2 amide bonds. The van der Waals surface area contributed by atoms with E-state index in [0.717, 1.165) is 11.0 Å². The summed E-state index contributed by atoms with van der Waals surface area (Å²) in [4.78, 5) is 46.1. The molecule has 1 atom stereocenters. The molecule has 0 saturated carbocycles. The SMILES string of the molecule is O=C1CN(C(=O)c2ccc(=O)[nH]n2)C(C(=O)O)CN1. The standard InChI is InChI=1S/C10H10N4O5/c15-7-2-1-5(12-13-7)9(17)14-4-8(16)11-3-6(14)10(18)19/h1-2,6H,3-4H2,(H,11,16)(H,13,15)(H,18,19). The van der Waals surface area contributed by atoms with Crippen molar-refractivity contribution in [3.63, 3.8) is 0 Å². The molecule has 1 aliphatic heterocycles. The Morgan fingerprint density at radius 2 is 2.11 bits per heavy atom. The lowest BCUT2D eigenvalue weighted by Crippen LogP contribution is -2.59. The fourth-order valence-electron chi connectivity index (χ4n) is 1.69. The molecule has 3 N–H and O–H groups in total. The van der Waals surface area contributed by atoms with Gasteiger partial charge >= 0.3 is 5.97 Å². The minimum absolute atomic E-state index is 0.124. The van der Waals surface area contributed by atoms with Crippen LogP contribution in [0.15, 0.2) is 16.9 Å². The molecule has 0 bridgehead atoms. The van der Waals surface area contributed by atoms with Crippen molar-refractivity contribution < 1.29 is 19.5 Å². The van der Waals surface area contributed by atoms with E-state index in [0.29, 0.717) is 0 Å². The van der Waals surface area contributed by atoms with Crippen LogP contribution >= 0.6 is 0 Å². The first kappa shape index (κ1) is 12.7. The van der Waals surface area contributed by atoms with Crippen molar-refractivity contribution in [1.82, 2.24) is 20.4 Å². The van der Waals surface area contributed by atoms with E-state index in [4.69, 9.17) is 5.11 Å². The first-order valence-electron chi connectivity index (χ1n) is 5.35. The molecule has 1 unspecified atom stereocenters. The third kappa shape index (κ3) is 2.59. The highest BCUT2D eigenvalue weighted by Gasteiger charge is 2.36. The van der Waals surface area contributed by atoms with Crippen molar-refractivity contribution in [2.24, 2.45) is 0 Å². The summed E-state index contributed by atoms with van der Waals surface area (Å²) in [7, 11) is 0. The van der Waals surface area contributed by atoms with Crippen molar-refractivity contribution >= 4 is 17.8 Å². The predicted molar refractivity (Wildman–Crippen MR) is 60.3 cm³/mol. The molecular weight excluding hydrogens is 256 g/mol. The van der Waals surface area contributed by atoms with Gasteiger partial charge in [-0.25, -0.2) is 9.89 Å². The number of nitrogens with zero attached hydrogens (tertiary/aromatic N) is 2. The fourth-order valence-corrected chi connectivity index (χ4v) is 1.69. The molecule has 1 fully saturated rings. The van der Waals surface area contributed by atoms with Crippen LogP contribution in [0.25, 0.3) is 0 Å². The third-order valence-electron chi connectivity index (χ3n) is 2.63. The van der Waals surface area contributed by atoms with Crippen LogP contribution < -0.4 is 10.9 Å². The second-order valence-electron chi connectivity index (χ2n) is 3.90. The average molecular weight is 266 g/mol. The molecule has 19 heavy (non-hydrogen) atoms. The summed E-state index contributed by atoms with van der Waals surface area (Å²) in [6.45, 7) is -0.528. The lowest BCUT2D eigenvalue weighted by molar-refractivity contribution is -0.144. The lowest BCUT2D eigenvalue weighted by Gasteiger charge is -2.32. The Balaban J connectivity index is 2.28. The number of rotatable bonds is 2. The van der Waals surface area contributed by atoms with E-state index >= 15 is 0 Å². The van der Waals surface area contributed by atoms with Crippen molar-refractivity contribution in [2.45, 2.75) is 6.04 Å². The predicted octanol–water partition coefficient (Wildman–Crippen LogP) is -2.20. The van der Waals surface area contributed by atoms with Crippen LogP contribution in [0.2, 0.25) is 0 Å². The molecular formula is C10H10N4O5. The van der Waals surface area contributed by atoms with Gasteiger partial charge in [-0.1, -0.05) is 0 Å². The van der Waals surface area contributed by atoms with E-state index in [1.54, 1.807) is 0 Å². The van der Waals surface area contributed by atoms with Gasteiger partial charge in [0.05, 0.1) is 0 Å². The number of amides is 2. The molecule has 0 aromatic carbocycles. The number of nitrogens with one attached hydrogen (secondary N) is 2. The molecule has 1 aromatic rings. The molecule has 2 heterocycles. The monoisotopic (exact) mass is 266 g/mol. The number of aromatic nitrogens is 2. The molecule has 0 spiro atoms. The minimum atomic E-state index is -1.22. The normalized spacial score (nSPS) is 18.8. The zero-order valence-electron chi connectivity index (χ0n) is 9.62. The Morgan fingerprint density at radius 1 is 1.37 bits per heavy atom. The number of carbonyl (C=O) groups excluding carboxylic acids is 2. The van der Waals surface area contributed by atoms with Gasteiger partial charge in [0.15, 0.2) is 0 Å². The number of hydrogen-bond acceptors (Lipinski definition) is 5. The van der Waals surface area contributed by atoms with Crippen molar-refractivity contribution in [3.8, 4) is 0 Å². The first-order chi connectivity index (χ1) is 8.99. The highest BCUT2D eigenvalue weighted by Crippen LogP contribution is 2.08. The molecule has 9 nitrogen and oxygen atoms in total. The molecule has 100 valence electrons. The number of aromatic amines is 1. The van der Waals surface area contributed by atoms with Crippen LogP contribution in [-0.4, -0.2) is 57.1 Å². The Kier molecular flexibility index (Phi) is 3.27. The highest BCUT2D eigenvalue weighted by molar-refractivity contribution is 5.98. The Morgan fingerprint density at radius 3 is 2.68 bits per heavy atom. The van der Waals surface area contributed by atoms with E-state index in [1.807, 2.05) is 0 Å². The Hall–Kier alpha value is -2.71. The number of carboxylic acids is 1. The maximum Gasteiger partial charge on any atom is 0.328 e. The van der Waals surface area contributed by atoms with Crippen LogP contribution in [0.3, 0.4) is 0 Å². The summed E-state index contributed by atoms with van der Waals surface area (Å²) in [5, 5.41) is 17.0. The fraction of sp³-hybridized carbons (Fsp3) is 0.300. The zero-order chi connectivity index (χ0) is 14.0. The second-order valence-corrected chi connectivity index (χ2v) is 3.90. The summed E-state index contributed by atoms with van der Waals surface area (Å²) in [6.07, 6.45) is 0. The molecule has 0 radical (unpaired) electrons. The zero-order valence-corrected chi connectivity index (χ0v) is 9.62. The maximum absolute atomic E-state index is 12.1. The van der Waals surface area contributed by atoms with Crippen LogP contribution in [-0.2, 0) is 9.59 Å². The third-order valence-corrected chi connectivity index (χ3v) is 2.63. The number of carboxylic acid groups (broad SMARTS) is 1. The Bertz CT molecular complexity index is 575. The summed E-state index contributed by atoms with van der Waals surface area (Å²) in [5.74, 6) is -2.40. The summed E-state index contributed by atoms with van der Waals surface area (Å²) in [5.41, 5.74) is -0.608. The molecule has 1 aliphatic rings. The summed E-state index contributed by atoms with van der Waals surface area (Å²) < 4.78 is 0. The quantitative estimate of drug-likeness (QED) is 0.556. The lowest BCUT2D eigenvalue weighted by atomic mass is 10.1. The van der Waals surface area contributed by atoms with Crippen LogP contribution in [0.5, 0.6) is 0 Å². The molecule has 9 heteroatoms. The topological polar surface area (TPSA) is 132 Å². The maximum atomic E-state index is 12.1. The van der Waals surface area contributed by atoms with Gasteiger partial charge in [-0.2, -0.15) is 5.10 Å². The van der Waals surface area contributed by atoms with Gasteiger partial charge in [0, 0.05) is 12.6 Å². The largest absolute Gasteiger partial charge is 0.480 e. The second kappa shape index (κ2) is 4.88. The molecule has 1 aromatic heterocycles.